The van der Waals surface area contributed by atoms with Gasteiger partial charge in [-0.3, -0.25) is 14.1 Å². The Morgan fingerprint density at radius 3 is 2.72 bits per heavy atom. The molecule has 0 amide bonds. The fraction of sp³-hybridized carbons (Fsp3) is 0.615. The second-order valence-corrected chi connectivity index (χ2v) is 6.98. The summed E-state index contributed by atoms with van der Waals surface area (Å²) in [7, 11) is -2.66. The summed E-state index contributed by atoms with van der Waals surface area (Å²) in [4.78, 5) is 4.01. The molecule has 0 saturated heterocycles. The van der Waals surface area contributed by atoms with Crippen LogP contribution in [-0.2, 0) is 6.54 Å². The first-order chi connectivity index (χ1) is 8.66. The van der Waals surface area contributed by atoms with Gasteiger partial charge >= 0.3 is 0 Å². The molecule has 18 heavy (non-hydrogen) atoms. The van der Waals surface area contributed by atoms with E-state index in [2.05, 4.69) is 9.71 Å². The van der Waals surface area contributed by atoms with Crippen molar-refractivity contribution >= 4 is 10.8 Å². The Labute approximate surface area is 110 Å². The van der Waals surface area contributed by atoms with Gasteiger partial charge in [0.2, 0.25) is 0 Å². The van der Waals surface area contributed by atoms with Crippen LogP contribution in [-0.4, -0.2) is 19.8 Å². The van der Waals surface area contributed by atoms with Gasteiger partial charge in [-0.1, -0.05) is 25.3 Å². The van der Waals surface area contributed by atoms with E-state index < -0.39 is 10.8 Å². The van der Waals surface area contributed by atoms with E-state index in [0.29, 0.717) is 18.2 Å². The molecule has 1 aliphatic carbocycles. The summed E-state index contributed by atoms with van der Waals surface area (Å²) < 4.78 is 22.9. The Kier molecular flexibility index (Phi) is 5.00. The third-order valence-electron chi connectivity index (χ3n) is 3.42. The predicted octanol–water partition coefficient (Wildman–Crippen LogP) is 3.42. The molecule has 1 aliphatic rings. The lowest BCUT2D eigenvalue weighted by molar-refractivity contribution is 0.369. The van der Waals surface area contributed by atoms with Crippen molar-refractivity contribution < 1.29 is 9.11 Å². The molecule has 0 spiro atoms. The first-order valence-corrected chi connectivity index (χ1v) is 8.27. The van der Waals surface area contributed by atoms with E-state index >= 15 is 0 Å². The maximum Gasteiger partial charge on any atom is 0.0556 e. The quantitative estimate of drug-likeness (QED) is 0.767. The highest BCUT2D eigenvalue weighted by molar-refractivity contribution is 8.22. The maximum absolute atomic E-state index is 10.0. The Balaban J connectivity index is 1.79. The van der Waals surface area contributed by atoms with E-state index in [1.165, 1.54) is 19.3 Å². The highest BCUT2D eigenvalue weighted by Crippen LogP contribution is 2.40. The van der Waals surface area contributed by atoms with Crippen LogP contribution in [0.3, 0.4) is 0 Å². The zero-order chi connectivity index (χ0) is 12.8. The average Bonchev–Trinajstić information content (AvgIpc) is 2.38. The third-order valence-corrected chi connectivity index (χ3v) is 4.97. The summed E-state index contributed by atoms with van der Waals surface area (Å²) in [5, 5.41) is 0. The summed E-state index contributed by atoms with van der Waals surface area (Å²) in [6.45, 7) is 0.461. The SMILES string of the molecule is OS(O)(CC1CCCCC1)NCc1cccnc1. The van der Waals surface area contributed by atoms with Gasteiger partial charge in [0.15, 0.2) is 0 Å². The van der Waals surface area contributed by atoms with Crippen molar-refractivity contribution in [2.24, 2.45) is 5.92 Å². The van der Waals surface area contributed by atoms with E-state index in [4.69, 9.17) is 0 Å². The Bertz CT molecular complexity index is 353. The topological polar surface area (TPSA) is 65.4 Å². The van der Waals surface area contributed by atoms with Gasteiger partial charge < -0.3 is 0 Å². The fourth-order valence-corrected chi connectivity index (χ4v) is 3.95. The van der Waals surface area contributed by atoms with Crippen molar-refractivity contribution in [3.8, 4) is 0 Å². The van der Waals surface area contributed by atoms with Crippen molar-refractivity contribution in [2.45, 2.75) is 38.6 Å². The smallest absolute Gasteiger partial charge is 0.0556 e. The first kappa shape index (κ1) is 13.8. The average molecular weight is 270 g/mol. The molecule has 1 heterocycles. The second-order valence-electron chi connectivity index (χ2n) is 5.02. The largest absolute Gasteiger partial charge is 0.286 e. The molecule has 0 unspecified atom stereocenters. The van der Waals surface area contributed by atoms with Crippen LogP contribution in [0.5, 0.6) is 0 Å². The molecule has 4 nitrogen and oxygen atoms in total. The second kappa shape index (κ2) is 6.52. The lowest BCUT2D eigenvalue weighted by Crippen LogP contribution is -2.26. The van der Waals surface area contributed by atoms with E-state index in [1.807, 2.05) is 12.1 Å². The van der Waals surface area contributed by atoms with Crippen molar-refractivity contribution in [3.63, 3.8) is 0 Å². The molecular weight excluding hydrogens is 248 g/mol. The molecule has 3 N–H and O–H groups in total. The van der Waals surface area contributed by atoms with E-state index in [-0.39, 0.29) is 0 Å². The Hall–Kier alpha value is -0.620. The summed E-state index contributed by atoms with van der Waals surface area (Å²) in [6, 6.07) is 3.78. The number of nitrogens with zero attached hydrogens (tertiary/aromatic N) is 1. The minimum absolute atomic E-state index is 0.461. The fourth-order valence-electron chi connectivity index (χ4n) is 2.44. The van der Waals surface area contributed by atoms with Crippen LogP contribution in [0, 0.1) is 5.92 Å². The number of hydrogen-bond acceptors (Lipinski definition) is 4. The molecule has 1 aromatic heterocycles. The minimum Gasteiger partial charge on any atom is -0.286 e. The Morgan fingerprint density at radius 2 is 2.06 bits per heavy atom. The minimum atomic E-state index is -2.66. The summed E-state index contributed by atoms with van der Waals surface area (Å²) >= 11 is 0. The number of pyridine rings is 1. The van der Waals surface area contributed by atoms with Gasteiger partial charge in [-0.2, -0.15) is 0 Å². The molecule has 1 aromatic rings. The standard InChI is InChI=1S/C13H22N2O2S/c16-18(17,11-12-5-2-1-3-6-12)15-10-13-7-4-8-14-9-13/h4,7-9,12,15-17H,1-3,5-6,10-11H2. The van der Waals surface area contributed by atoms with Crippen LogP contribution >= 0.6 is 10.8 Å². The lowest BCUT2D eigenvalue weighted by atomic mass is 9.91. The normalized spacial score (nSPS) is 18.8. The number of rotatable bonds is 5. The van der Waals surface area contributed by atoms with E-state index in [9.17, 15) is 9.11 Å². The summed E-state index contributed by atoms with van der Waals surface area (Å²) in [6.07, 6.45) is 9.45. The molecule has 0 aromatic carbocycles. The molecule has 0 radical (unpaired) electrons. The third kappa shape index (κ3) is 4.57. The zero-order valence-corrected chi connectivity index (χ0v) is 11.4. The molecule has 0 atom stereocenters. The number of hydrogen-bond donors (Lipinski definition) is 3. The van der Waals surface area contributed by atoms with Crippen LogP contribution in [0.15, 0.2) is 24.5 Å². The number of aromatic nitrogens is 1. The van der Waals surface area contributed by atoms with E-state index in [0.717, 1.165) is 18.4 Å². The summed E-state index contributed by atoms with van der Waals surface area (Å²) in [5.41, 5.74) is 0.973. The molecular formula is C13H22N2O2S. The highest BCUT2D eigenvalue weighted by atomic mass is 32.3. The van der Waals surface area contributed by atoms with E-state index in [1.54, 1.807) is 12.4 Å². The number of nitrogens with one attached hydrogen (secondary N) is 1. The molecule has 102 valence electrons. The van der Waals surface area contributed by atoms with Gasteiger partial charge in [0.1, 0.15) is 0 Å². The van der Waals surface area contributed by atoms with Crippen LogP contribution in [0.2, 0.25) is 0 Å². The molecule has 1 fully saturated rings. The van der Waals surface area contributed by atoms with Gasteiger partial charge in [0.05, 0.1) is 5.75 Å². The van der Waals surface area contributed by atoms with Gasteiger partial charge in [0.25, 0.3) is 0 Å². The monoisotopic (exact) mass is 270 g/mol. The highest BCUT2D eigenvalue weighted by Gasteiger charge is 2.21. The predicted molar refractivity (Wildman–Crippen MR) is 75.4 cm³/mol. The van der Waals surface area contributed by atoms with Gasteiger partial charge in [-0.25, -0.2) is 4.72 Å². The van der Waals surface area contributed by atoms with Crippen molar-refractivity contribution in [1.82, 2.24) is 9.71 Å². The van der Waals surface area contributed by atoms with Crippen LogP contribution in [0.25, 0.3) is 0 Å². The van der Waals surface area contributed by atoms with Crippen molar-refractivity contribution in [3.05, 3.63) is 30.1 Å². The lowest BCUT2D eigenvalue weighted by Gasteiger charge is -2.37. The summed E-state index contributed by atoms with van der Waals surface area (Å²) in [5.74, 6) is 0.956. The van der Waals surface area contributed by atoms with Crippen molar-refractivity contribution in [1.29, 1.82) is 0 Å². The molecule has 5 heteroatoms. The first-order valence-electron chi connectivity index (χ1n) is 6.55. The Morgan fingerprint density at radius 1 is 1.28 bits per heavy atom. The molecule has 1 saturated carbocycles. The van der Waals surface area contributed by atoms with Crippen LogP contribution in [0.4, 0.5) is 0 Å². The molecule has 0 aliphatic heterocycles. The van der Waals surface area contributed by atoms with Crippen LogP contribution in [0.1, 0.15) is 37.7 Å². The van der Waals surface area contributed by atoms with Gasteiger partial charge in [-0.15, -0.1) is 10.8 Å². The van der Waals surface area contributed by atoms with Gasteiger partial charge in [0, 0.05) is 18.9 Å². The van der Waals surface area contributed by atoms with Crippen LogP contribution < -0.4 is 4.72 Å². The maximum atomic E-state index is 10.0. The zero-order valence-electron chi connectivity index (χ0n) is 10.6. The van der Waals surface area contributed by atoms with Crippen molar-refractivity contribution in [2.75, 3.05) is 5.75 Å². The molecule has 2 rings (SSSR count). The molecule has 0 bridgehead atoms. The van der Waals surface area contributed by atoms with Gasteiger partial charge in [-0.05, 0) is 30.4 Å².